The van der Waals surface area contributed by atoms with E-state index < -0.39 is 5.82 Å². The average molecular weight is 485 g/mol. The van der Waals surface area contributed by atoms with Crippen molar-refractivity contribution in [3.63, 3.8) is 0 Å². The van der Waals surface area contributed by atoms with E-state index in [0.29, 0.717) is 24.0 Å². The van der Waals surface area contributed by atoms with Gasteiger partial charge in [0.1, 0.15) is 5.82 Å². The Morgan fingerprint density at radius 3 is 2.60 bits per heavy atom. The van der Waals surface area contributed by atoms with E-state index in [0.717, 1.165) is 34.6 Å². The normalized spacial score (nSPS) is 13.3. The van der Waals surface area contributed by atoms with Crippen LogP contribution in [0.3, 0.4) is 0 Å². The second kappa shape index (κ2) is 8.70. The molecule has 2 aromatic heterocycles. The van der Waals surface area contributed by atoms with Crippen LogP contribution in [0.25, 0.3) is 27.5 Å². The van der Waals surface area contributed by atoms with Gasteiger partial charge in [0, 0.05) is 41.7 Å². The van der Waals surface area contributed by atoms with Gasteiger partial charge in [-0.1, -0.05) is 54.2 Å². The maximum absolute atomic E-state index is 14.7. The summed E-state index contributed by atoms with van der Waals surface area (Å²) >= 11 is 1.15. The summed E-state index contributed by atoms with van der Waals surface area (Å²) in [6.07, 6.45) is 0.759. The number of amides is 1. The highest BCUT2D eigenvalue weighted by atomic mass is 32.2. The van der Waals surface area contributed by atoms with Gasteiger partial charge in [0.05, 0.1) is 22.3 Å². The number of rotatable bonds is 4. The van der Waals surface area contributed by atoms with E-state index >= 15 is 0 Å². The maximum Gasteiger partial charge on any atom is 0.266 e. The highest BCUT2D eigenvalue weighted by molar-refractivity contribution is 7.99. The summed E-state index contributed by atoms with van der Waals surface area (Å²) in [7, 11) is 0. The van der Waals surface area contributed by atoms with Crippen molar-refractivity contribution in [3.8, 4) is 5.69 Å². The number of benzene rings is 3. The van der Waals surface area contributed by atoms with Crippen LogP contribution in [0.15, 0.2) is 82.7 Å². The van der Waals surface area contributed by atoms with Crippen molar-refractivity contribution >= 4 is 39.5 Å². The molecule has 0 saturated heterocycles. The number of fused-ring (bicyclic) bond motifs is 4. The fraction of sp³-hybridized carbons (Fsp3) is 0.148. The summed E-state index contributed by atoms with van der Waals surface area (Å²) in [6, 6.07) is 21.2. The van der Waals surface area contributed by atoms with Crippen LogP contribution >= 0.6 is 11.8 Å². The van der Waals surface area contributed by atoms with Gasteiger partial charge >= 0.3 is 0 Å². The molecular weight excluding hydrogens is 463 g/mol. The van der Waals surface area contributed by atoms with Gasteiger partial charge in [-0.05, 0) is 30.3 Å². The second-order valence-electron chi connectivity index (χ2n) is 8.49. The Balaban J connectivity index is 1.31. The summed E-state index contributed by atoms with van der Waals surface area (Å²) in [4.78, 5) is 36.5. The molecule has 1 aliphatic rings. The van der Waals surface area contributed by atoms with Crippen LogP contribution in [0.1, 0.15) is 11.3 Å². The van der Waals surface area contributed by atoms with E-state index in [9.17, 15) is 14.0 Å². The van der Waals surface area contributed by atoms with E-state index in [1.54, 1.807) is 42.5 Å². The predicted molar refractivity (Wildman–Crippen MR) is 135 cm³/mol. The fourth-order valence-corrected chi connectivity index (χ4v) is 5.56. The lowest BCUT2D eigenvalue weighted by atomic mass is 10.0. The second-order valence-corrected chi connectivity index (χ2v) is 9.43. The lowest BCUT2D eigenvalue weighted by Crippen LogP contribution is -2.37. The van der Waals surface area contributed by atoms with Gasteiger partial charge < -0.3 is 9.88 Å². The minimum absolute atomic E-state index is 0.0478. The monoisotopic (exact) mass is 484 g/mol. The van der Waals surface area contributed by atoms with Crippen molar-refractivity contribution in [1.29, 1.82) is 0 Å². The lowest BCUT2D eigenvalue weighted by molar-refractivity contribution is -0.129. The van der Waals surface area contributed by atoms with Crippen LogP contribution < -0.4 is 5.56 Å². The van der Waals surface area contributed by atoms with E-state index in [-0.39, 0.29) is 28.1 Å². The molecule has 1 amide bonds. The first kappa shape index (κ1) is 21.6. The largest absolute Gasteiger partial charge is 0.358 e. The topological polar surface area (TPSA) is 71.0 Å². The molecule has 1 N–H and O–H groups in total. The van der Waals surface area contributed by atoms with Crippen molar-refractivity contribution in [2.24, 2.45) is 0 Å². The standard InChI is InChI=1S/C27H21FN4O2S/c28-20-9-3-6-12-24(20)32-26(34)18-8-2-5-11-22(18)30-27(32)35-16-25(33)31-14-13-23-19(15-31)17-7-1-4-10-21(17)29-23/h1-12,29H,13-16H2. The van der Waals surface area contributed by atoms with Gasteiger partial charge in [0.15, 0.2) is 5.16 Å². The Morgan fingerprint density at radius 2 is 1.74 bits per heavy atom. The minimum Gasteiger partial charge on any atom is -0.358 e. The van der Waals surface area contributed by atoms with Gasteiger partial charge in [-0.3, -0.25) is 14.2 Å². The number of carbonyl (C=O) groups is 1. The third kappa shape index (κ3) is 3.80. The molecule has 0 radical (unpaired) electrons. The first-order valence-corrected chi connectivity index (χ1v) is 12.3. The van der Waals surface area contributed by atoms with Crippen LogP contribution in [0, 0.1) is 5.82 Å². The molecular formula is C27H21FN4O2S. The Hall–Kier alpha value is -3.91. The van der Waals surface area contributed by atoms with E-state index in [1.165, 1.54) is 16.3 Å². The number of thioether (sulfide) groups is 1. The number of hydrogen-bond donors (Lipinski definition) is 1. The zero-order valence-electron chi connectivity index (χ0n) is 18.7. The number of hydrogen-bond acceptors (Lipinski definition) is 4. The Bertz CT molecular complexity index is 1660. The van der Waals surface area contributed by atoms with Crippen molar-refractivity contribution < 1.29 is 9.18 Å². The first-order valence-electron chi connectivity index (χ1n) is 11.4. The summed E-state index contributed by atoms with van der Waals surface area (Å²) in [5.41, 5.74) is 3.67. The van der Waals surface area contributed by atoms with Gasteiger partial charge in [-0.15, -0.1) is 0 Å². The van der Waals surface area contributed by atoms with Gasteiger partial charge in [-0.25, -0.2) is 9.37 Å². The molecule has 0 unspecified atom stereocenters. The van der Waals surface area contributed by atoms with Crippen molar-refractivity contribution in [1.82, 2.24) is 19.4 Å². The Labute approximate surface area is 204 Å². The summed E-state index contributed by atoms with van der Waals surface area (Å²) in [5.74, 6) is -0.479. The first-order chi connectivity index (χ1) is 17.1. The number of aromatic amines is 1. The number of carbonyl (C=O) groups excluding carboxylic acids is 1. The molecule has 0 aliphatic carbocycles. The number of H-pyrrole nitrogens is 1. The lowest BCUT2D eigenvalue weighted by Gasteiger charge is -2.27. The quantitative estimate of drug-likeness (QED) is 0.297. The molecule has 0 bridgehead atoms. The minimum atomic E-state index is -0.525. The summed E-state index contributed by atoms with van der Waals surface area (Å²) < 4.78 is 16.0. The Kier molecular flexibility index (Phi) is 5.37. The number of para-hydroxylation sites is 3. The molecule has 0 fully saturated rings. The predicted octanol–water partition coefficient (Wildman–Crippen LogP) is 4.68. The van der Waals surface area contributed by atoms with Gasteiger partial charge in [0.25, 0.3) is 5.56 Å². The molecule has 3 heterocycles. The molecule has 0 spiro atoms. The highest BCUT2D eigenvalue weighted by Gasteiger charge is 2.25. The molecule has 35 heavy (non-hydrogen) atoms. The van der Waals surface area contributed by atoms with Gasteiger partial charge in [-0.2, -0.15) is 0 Å². The number of halogens is 1. The highest BCUT2D eigenvalue weighted by Crippen LogP contribution is 2.29. The third-order valence-electron chi connectivity index (χ3n) is 6.40. The molecule has 6 rings (SSSR count). The van der Waals surface area contributed by atoms with Crippen LogP contribution in [0.2, 0.25) is 0 Å². The molecule has 5 aromatic rings. The fourth-order valence-electron chi connectivity index (χ4n) is 4.65. The number of nitrogens with zero attached hydrogens (tertiary/aromatic N) is 3. The van der Waals surface area contributed by atoms with Crippen LogP contribution in [-0.4, -0.2) is 37.6 Å². The molecule has 174 valence electrons. The molecule has 0 saturated carbocycles. The summed E-state index contributed by atoms with van der Waals surface area (Å²) in [5, 5.41) is 1.82. The molecule has 0 atom stereocenters. The van der Waals surface area contributed by atoms with E-state index in [4.69, 9.17) is 0 Å². The van der Waals surface area contributed by atoms with E-state index in [1.807, 2.05) is 23.1 Å². The van der Waals surface area contributed by atoms with E-state index in [2.05, 4.69) is 16.0 Å². The van der Waals surface area contributed by atoms with Gasteiger partial charge in [0.2, 0.25) is 5.91 Å². The van der Waals surface area contributed by atoms with Crippen molar-refractivity contribution in [2.45, 2.75) is 18.1 Å². The average Bonchev–Trinajstić information content (AvgIpc) is 3.26. The number of aromatic nitrogens is 3. The zero-order valence-corrected chi connectivity index (χ0v) is 19.5. The summed E-state index contributed by atoms with van der Waals surface area (Å²) in [6.45, 7) is 1.15. The number of nitrogens with one attached hydrogen (secondary N) is 1. The van der Waals surface area contributed by atoms with Crippen LogP contribution in [0.5, 0.6) is 0 Å². The SMILES string of the molecule is O=C(CSc1nc2ccccc2c(=O)n1-c1ccccc1F)N1CCc2[nH]c3ccccc3c2C1. The van der Waals surface area contributed by atoms with Crippen molar-refractivity contribution in [3.05, 3.63) is 100 Å². The Morgan fingerprint density at radius 1 is 1.00 bits per heavy atom. The van der Waals surface area contributed by atoms with Crippen LogP contribution in [0.4, 0.5) is 4.39 Å². The maximum atomic E-state index is 14.7. The van der Waals surface area contributed by atoms with Crippen molar-refractivity contribution in [2.75, 3.05) is 12.3 Å². The zero-order chi connectivity index (χ0) is 23.9. The molecule has 8 heteroatoms. The third-order valence-corrected chi connectivity index (χ3v) is 7.32. The smallest absolute Gasteiger partial charge is 0.266 e. The molecule has 3 aromatic carbocycles. The van der Waals surface area contributed by atoms with Crippen LogP contribution in [-0.2, 0) is 17.8 Å². The molecule has 6 nitrogen and oxygen atoms in total. The molecule has 1 aliphatic heterocycles.